The van der Waals surface area contributed by atoms with E-state index in [1.54, 1.807) is 19.2 Å². The van der Waals surface area contributed by atoms with Crippen molar-refractivity contribution in [1.82, 2.24) is 15.1 Å². The number of nitrogens with zero attached hydrogens (tertiary/aromatic N) is 3. The predicted molar refractivity (Wildman–Crippen MR) is 95.7 cm³/mol. The summed E-state index contributed by atoms with van der Waals surface area (Å²) in [5, 5.41) is 3.43. The lowest BCUT2D eigenvalue weighted by atomic mass is 10.1. The van der Waals surface area contributed by atoms with Gasteiger partial charge in [-0.15, -0.1) is 0 Å². The fourth-order valence-corrected chi connectivity index (χ4v) is 2.88. The van der Waals surface area contributed by atoms with Crippen molar-refractivity contribution in [3.8, 4) is 0 Å². The molecule has 1 heterocycles. The van der Waals surface area contributed by atoms with E-state index in [1.807, 2.05) is 7.05 Å². The summed E-state index contributed by atoms with van der Waals surface area (Å²) >= 11 is 0. The highest BCUT2D eigenvalue weighted by Gasteiger charge is 2.14. The fraction of sp³-hybridized carbons (Fsp3) is 0.611. The molecule has 2 rings (SSSR count). The molecule has 1 atom stereocenters. The van der Waals surface area contributed by atoms with Crippen molar-refractivity contribution in [2.24, 2.45) is 10.9 Å². The van der Waals surface area contributed by atoms with Gasteiger partial charge in [0.1, 0.15) is 5.82 Å². The zero-order valence-corrected chi connectivity index (χ0v) is 15.0. The molecule has 0 aliphatic carbocycles. The number of benzene rings is 1. The summed E-state index contributed by atoms with van der Waals surface area (Å²) in [6.07, 6.45) is 0. The van der Waals surface area contributed by atoms with Crippen LogP contribution in [0.3, 0.4) is 0 Å². The average Bonchev–Trinajstić information content (AvgIpc) is 2.58. The number of morpholine rings is 1. The molecule has 0 spiro atoms. The summed E-state index contributed by atoms with van der Waals surface area (Å²) < 4.78 is 18.4. The van der Waals surface area contributed by atoms with Gasteiger partial charge in [-0.2, -0.15) is 0 Å². The molecule has 24 heavy (non-hydrogen) atoms. The van der Waals surface area contributed by atoms with Crippen LogP contribution in [0.4, 0.5) is 4.39 Å². The van der Waals surface area contributed by atoms with Crippen molar-refractivity contribution in [3.63, 3.8) is 0 Å². The highest BCUT2D eigenvalue weighted by atomic mass is 19.1. The van der Waals surface area contributed by atoms with Gasteiger partial charge in [0.15, 0.2) is 5.96 Å². The van der Waals surface area contributed by atoms with E-state index in [4.69, 9.17) is 4.74 Å². The van der Waals surface area contributed by atoms with E-state index < -0.39 is 0 Å². The first-order chi connectivity index (χ1) is 11.6. The van der Waals surface area contributed by atoms with Crippen LogP contribution in [0.15, 0.2) is 29.3 Å². The standard InChI is InChI=1S/C18H29FN4O/c1-15(13-23-8-10-24-11-9-23)12-21-18(20-2)22(3)14-16-4-6-17(19)7-5-16/h4-7,15H,8-14H2,1-3H3,(H,20,21). The van der Waals surface area contributed by atoms with Gasteiger partial charge in [-0.05, 0) is 23.6 Å². The van der Waals surface area contributed by atoms with E-state index in [0.717, 1.165) is 50.9 Å². The molecule has 1 saturated heterocycles. The lowest BCUT2D eigenvalue weighted by Crippen LogP contribution is -2.44. The average molecular weight is 336 g/mol. The number of hydrogen-bond acceptors (Lipinski definition) is 3. The smallest absolute Gasteiger partial charge is 0.193 e. The molecule has 1 unspecified atom stereocenters. The minimum atomic E-state index is -0.208. The number of ether oxygens (including phenoxy) is 1. The Bertz CT molecular complexity index is 514. The molecule has 1 aliphatic rings. The molecule has 1 fully saturated rings. The van der Waals surface area contributed by atoms with Gasteiger partial charge in [0.25, 0.3) is 0 Å². The Hall–Kier alpha value is -1.66. The molecule has 1 aromatic carbocycles. The molecule has 0 aromatic heterocycles. The Labute approximate surface area is 144 Å². The van der Waals surface area contributed by atoms with Gasteiger partial charge in [0.05, 0.1) is 13.2 Å². The zero-order chi connectivity index (χ0) is 17.4. The second kappa shape index (κ2) is 9.59. The summed E-state index contributed by atoms with van der Waals surface area (Å²) in [4.78, 5) is 8.84. The quantitative estimate of drug-likeness (QED) is 0.635. The SMILES string of the molecule is CN=C(NCC(C)CN1CCOCC1)N(C)Cc1ccc(F)cc1. The summed E-state index contributed by atoms with van der Waals surface area (Å²) in [6.45, 7) is 8.58. The van der Waals surface area contributed by atoms with E-state index in [1.165, 1.54) is 12.1 Å². The van der Waals surface area contributed by atoms with Crippen molar-refractivity contribution >= 4 is 5.96 Å². The van der Waals surface area contributed by atoms with Crippen molar-refractivity contribution in [2.75, 3.05) is 53.5 Å². The molecule has 5 nitrogen and oxygen atoms in total. The summed E-state index contributed by atoms with van der Waals surface area (Å²) in [6, 6.07) is 6.59. The number of guanidine groups is 1. The highest BCUT2D eigenvalue weighted by Crippen LogP contribution is 2.06. The molecule has 6 heteroatoms. The molecule has 0 bridgehead atoms. The van der Waals surface area contributed by atoms with Crippen molar-refractivity contribution in [2.45, 2.75) is 13.5 Å². The Morgan fingerprint density at radius 3 is 2.62 bits per heavy atom. The van der Waals surface area contributed by atoms with E-state index in [9.17, 15) is 4.39 Å². The third-order valence-electron chi connectivity index (χ3n) is 4.19. The van der Waals surface area contributed by atoms with Gasteiger partial charge in [0.2, 0.25) is 0 Å². The Morgan fingerprint density at radius 1 is 1.33 bits per heavy atom. The van der Waals surface area contributed by atoms with Gasteiger partial charge < -0.3 is 15.0 Å². The second-order valence-electron chi connectivity index (χ2n) is 6.43. The monoisotopic (exact) mass is 336 g/mol. The van der Waals surface area contributed by atoms with Crippen LogP contribution < -0.4 is 5.32 Å². The largest absolute Gasteiger partial charge is 0.379 e. The number of hydrogen-bond donors (Lipinski definition) is 1. The summed E-state index contributed by atoms with van der Waals surface area (Å²) in [5.41, 5.74) is 1.06. The van der Waals surface area contributed by atoms with Crippen molar-refractivity contribution < 1.29 is 9.13 Å². The maximum atomic E-state index is 13.0. The van der Waals surface area contributed by atoms with Crippen LogP contribution in [0.1, 0.15) is 12.5 Å². The van der Waals surface area contributed by atoms with Crippen LogP contribution in [0.25, 0.3) is 0 Å². The lowest BCUT2D eigenvalue weighted by molar-refractivity contribution is 0.0320. The minimum absolute atomic E-state index is 0.208. The summed E-state index contributed by atoms with van der Waals surface area (Å²) in [5.74, 6) is 1.17. The lowest BCUT2D eigenvalue weighted by Gasteiger charge is -2.30. The number of aliphatic imine (C=N–C) groups is 1. The molecule has 0 saturated carbocycles. The number of rotatable bonds is 6. The third kappa shape index (κ3) is 6.09. The first kappa shape index (κ1) is 18.7. The van der Waals surface area contributed by atoms with Crippen LogP contribution in [0, 0.1) is 11.7 Å². The van der Waals surface area contributed by atoms with Crippen LogP contribution in [0.2, 0.25) is 0 Å². The predicted octanol–water partition coefficient (Wildman–Crippen LogP) is 1.80. The molecule has 0 radical (unpaired) electrons. The zero-order valence-electron chi connectivity index (χ0n) is 15.0. The van der Waals surface area contributed by atoms with Gasteiger partial charge in [-0.1, -0.05) is 19.1 Å². The number of halogens is 1. The van der Waals surface area contributed by atoms with Crippen LogP contribution in [0.5, 0.6) is 0 Å². The van der Waals surface area contributed by atoms with E-state index in [0.29, 0.717) is 12.5 Å². The van der Waals surface area contributed by atoms with Gasteiger partial charge in [-0.25, -0.2) is 4.39 Å². The fourth-order valence-electron chi connectivity index (χ4n) is 2.88. The second-order valence-corrected chi connectivity index (χ2v) is 6.43. The topological polar surface area (TPSA) is 40.1 Å². The van der Waals surface area contributed by atoms with Gasteiger partial charge in [-0.3, -0.25) is 9.89 Å². The van der Waals surface area contributed by atoms with Gasteiger partial charge in [0, 0.05) is 46.8 Å². The molecule has 0 amide bonds. The van der Waals surface area contributed by atoms with Crippen LogP contribution in [-0.2, 0) is 11.3 Å². The molecule has 1 aromatic rings. The first-order valence-corrected chi connectivity index (χ1v) is 8.55. The summed E-state index contributed by atoms with van der Waals surface area (Å²) in [7, 11) is 3.78. The van der Waals surface area contributed by atoms with E-state index in [2.05, 4.69) is 27.0 Å². The molecule has 134 valence electrons. The Morgan fingerprint density at radius 2 is 2.00 bits per heavy atom. The van der Waals surface area contributed by atoms with E-state index >= 15 is 0 Å². The number of nitrogens with one attached hydrogen (secondary N) is 1. The minimum Gasteiger partial charge on any atom is -0.379 e. The van der Waals surface area contributed by atoms with Crippen molar-refractivity contribution in [3.05, 3.63) is 35.6 Å². The molecular formula is C18H29FN4O. The highest BCUT2D eigenvalue weighted by molar-refractivity contribution is 5.79. The van der Waals surface area contributed by atoms with Crippen LogP contribution in [-0.4, -0.2) is 69.2 Å². The maximum Gasteiger partial charge on any atom is 0.193 e. The molecular weight excluding hydrogens is 307 g/mol. The van der Waals surface area contributed by atoms with Gasteiger partial charge >= 0.3 is 0 Å². The first-order valence-electron chi connectivity index (χ1n) is 8.55. The maximum absolute atomic E-state index is 13.0. The normalized spacial score (nSPS) is 17.6. The molecule has 1 N–H and O–H groups in total. The van der Waals surface area contributed by atoms with E-state index in [-0.39, 0.29) is 5.82 Å². The third-order valence-corrected chi connectivity index (χ3v) is 4.19. The Kier molecular flexibility index (Phi) is 7.46. The Balaban J connectivity index is 1.77. The van der Waals surface area contributed by atoms with Crippen LogP contribution >= 0.6 is 0 Å². The molecule has 1 aliphatic heterocycles. The van der Waals surface area contributed by atoms with Crippen molar-refractivity contribution in [1.29, 1.82) is 0 Å².